The van der Waals surface area contributed by atoms with Crippen molar-refractivity contribution in [1.29, 1.82) is 0 Å². The molecule has 0 atom stereocenters. The molecule has 0 rings (SSSR count). The lowest BCUT2D eigenvalue weighted by molar-refractivity contribution is 0.983. The summed E-state index contributed by atoms with van der Waals surface area (Å²) in [5.74, 6) is 0. The summed E-state index contributed by atoms with van der Waals surface area (Å²) in [6, 6.07) is 0. The third-order valence-corrected chi connectivity index (χ3v) is 0.723. The summed E-state index contributed by atoms with van der Waals surface area (Å²) in [6.07, 6.45) is 3.59. The second-order valence-corrected chi connectivity index (χ2v) is 1.33. The van der Waals surface area contributed by atoms with E-state index in [1.54, 1.807) is 12.4 Å². The molecule has 2 nitrogen and oxygen atoms in total. The minimum absolute atomic E-state index is 0.820. The second kappa shape index (κ2) is 6.34. The van der Waals surface area contributed by atoms with E-state index in [1.165, 1.54) is 0 Å². The molecule has 0 aliphatic rings. The highest BCUT2D eigenvalue weighted by atomic mass is 14.8. The van der Waals surface area contributed by atoms with Crippen molar-refractivity contribution < 1.29 is 0 Å². The summed E-state index contributed by atoms with van der Waals surface area (Å²) in [7, 11) is 0. The molecular formula is C6H12N2. The summed E-state index contributed by atoms with van der Waals surface area (Å²) in [6.45, 7) is 5.47. The average Bonchev–Trinajstić information content (AvgIpc) is 1.81. The van der Waals surface area contributed by atoms with Gasteiger partial charge in [-0.25, -0.2) is 0 Å². The van der Waals surface area contributed by atoms with E-state index in [-0.39, 0.29) is 0 Å². The second-order valence-electron chi connectivity index (χ2n) is 1.33. The van der Waals surface area contributed by atoms with Gasteiger partial charge in [0.25, 0.3) is 0 Å². The number of aliphatic imine (C=N–C) groups is 2. The van der Waals surface area contributed by atoms with Crippen LogP contribution in [-0.4, -0.2) is 25.5 Å². The zero-order chi connectivity index (χ0) is 6.24. The van der Waals surface area contributed by atoms with E-state index in [0.717, 1.165) is 13.1 Å². The molecule has 0 amide bonds. The van der Waals surface area contributed by atoms with E-state index in [2.05, 4.69) is 9.98 Å². The first-order chi connectivity index (χ1) is 3.91. The molecule has 0 saturated carbocycles. The van der Waals surface area contributed by atoms with Crippen molar-refractivity contribution in [3.05, 3.63) is 0 Å². The van der Waals surface area contributed by atoms with Crippen LogP contribution < -0.4 is 0 Å². The van der Waals surface area contributed by atoms with Crippen LogP contribution in [-0.2, 0) is 0 Å². The zero-order valence-electron chi connectivity index (χ0n) is 5.46. The SMILES string of the molecule is CC=NCCN=CC. The molecule has 0 heterocycles. The molecule has 0 aromatic rings. The predicted molar refractivity (Wildman–Crippen MR) is 38.1 cm³/mol. The summed E-state index contributed by atoms with van der Waals surface area (Å²) < 4.78 is 0. The topological polar surface area (TPSA) is 24.7 Å². The quantitative estimate of drug-likeness (QED) is 0.387. The summed E-state index contributed by atoms with van der Waals surface area (Å²) in [4.78, 5) is 7.94. The van der Waals surface area contributed by atoms with Gasteiger partial charge in [0.1, 0.15) is 0 Å². The third-order valence-electron chi connectivity index (χ3n) is 0.723. The maximum absolute atomic E-state index is 3.97. The van der Waals surface area contributed by atoms with Crippen LogP contribution in [0.15, 0.2) is 9.98 Å². The molecule has 0 radical (unpaired) electrons. The minimum Gasteiger partial charge on any atom is -0.296 e. The van der Waals surface area contributed by atoms with Crippen molar-refractivity contribution in [3.8, 4) is 0 Å². The standard InChI is InChI=1S/C6H12N2/c1-3-7-5-6-8-4-2/h3-4H,5-6H2,1-2H3. The Bertz CT molecular complexity index is 72.5. The number of rotatable bonds is 3. The Morgan fingerprint density at radius 2 is 1.38 bits per heavy atom. The van der Waals surface area contributed by atoms with Crippen molar-refractivity contribution in [3.63, 3.8) is 0 Å². The lowest BCUT2D eigenvalue weighted by Crippen LogP contribution is -1.84. The molecule has 0 bridgehead atoms. The van der Waals surface area contributed by atoms with Crippen LogP contribution >= 0.6 is 0 Å². The van der Waals surface area contributed by atoms with Gasteiger partial charge < -0.3 is 0 Å². The highest BCUT2D eigenvalue weighted by molar-refractivity contribution is 5.54. The molecule has 0 fully saturated rings. The Morgan fingerprint density at radius 3 is 1.62 bits per heavy atom. The summed E-state index contributed by atoms with van der Waals surface area (Å²) >= 11 is 0. The van der Waals surface area contributed by atoms with Crippen molar-refractivity contribution in [2.75, 3.05) is 13.1 Å². The van der Waals surface area contributed by atoms with E-state index in [0.29, 0.717) is 0 Å². The molecule has 0 aliphatic heterocycles. The molecule has 8 heavy (non-hydrogen) atoms. The van der Waals surface area contributed by atoms with Crippen LogP contribution in [0.25, 0.3) is 0 Å². The fraction of sp³-hybridized carbons (Fsp3) is 0.667. The van der Waals surface area contributed by atoms with Gasteiger partial charge in [0.15, 0.2) is 0 Å². The van der Waals surface area contributed by atoms with Gasteiger partial charge in [0.2, 0.25) is 0 Å². The normalized spacial score (nSPS) is 11.8. The van der Waals surface area contributed by atoms with Crippen LogP contribution in [0.5, 0.6) is 0 Å². The van der Waals surface area contributed by atoms with Crippen LogP contribution in [0.4, 0.5) is 0 Å². The van der Waals surface area contributed by atoms with Gasteiger partial charge in [-0.1, -0.05) is 0 Å². The molecule has 0 aromatic carbocycles. The van der Waals surface area contributed by atoms with Gasteiger partial charge in [-0.05, 0) is 26.3 Å². The summed E-state index contributed by atoms with van der Waals surface area (Å²) in [5.41, 5.74) is 0. The van der Waals surface area contributed by atoms with Gasteiger partial charge in [0, 0.05) is 0 Å². The fourth-order valence-electron chi connectivity index (χ4n) is 0.374. The van der Waals surface area contributed by atoms with Crippen LogP contribution in [0.1, 0.15) is 13.8 Å². The monoisotopic (exact) mass is 112 g/mol. The van der Waals surface area contributed by atoms with Gasteiger partial charge in [-0.3, -0.25) is 9.98 Å². The largest absolute Gasteiger partial charge is 0.296 e. The fourth-order valence-corrected chi connectivity index (χ4v) is 0.374. The molecule has 0 unspecified atom stereocenters. The van der Waals surface area contributed by atoms with E-state index in [9.17, 15) is 0 Å². The van der Waals surface area contributed by atoms with Crippen molar-refractivity contribution >= 4 is 12.4 Å². The zero-order valence-corrected chi connectivity index (χ0v) is 5.46. The smallest absolute Gasteiger partial charge is 0.0581 e. The maximum atomic E-state index is 3.97. The first-order valence-corrected chi connectivity index (χ1v) is 2.80. The van der Waals surface area contributed by atoms with Crippen molar-refractivity contribution in [1.82, 2.24) is 0 Å². The Balaban J connectivity index is 2.93. The molecule has 0 aliphatic carbocycles. The highest BCUT2D eigenvalue weighted by Crippen LogP contribution is 1.69. The van der Waals surface area contributed by atoms with E-state index in [1.807, 2.05) is 13.8 Å². The molecule has 0 spiro atoms. The third kappa shape index (κ3) is 5.34. The van der Waals surface area contributed by atoms with Crippen molar-refractivity contribution in [2.24, 2.45) is 9.98 Å². The van der Waals surface area contributed by atoms with Gasteiger partial charge in [-0.2, -0.15) is 0 Å². The molecule has 0 N–H and O–H groups in total. The van der Waals surface area contributed by atoms with Crippen LogP contribution in [0, 0.1) is 0 Å². The molecule has 46 valence electrons. The van der Waals surface area contributed by atoms with Gasteiger partial charge in [-0.15, -0.1) is 0 Å². The molecular weight excluding hydrogens is 100 g/mol. The number of nitrogens with zero attached hydrogens (tertiary/aromatic N) is 2. The first-order valence-electron chi connectivity index (χ1n) is 2.80. The predicted octanol–water partition coefficient (Wildman–Crippen LogP) is 1.17. The van der Waals surface area contributed by atoms with Crippen LogP contribution in [0.2, 0.25) is 0 Å². The molecule has 0 saturated heterocycles. The number of hydrogen-bond donors (Lipinski definition) is 0. The Kier molecular flexibility index (Phi) is 5.82. The number of hydrogen-bond acceptors (Lipinski definition) is 2. The summed E-state index contributed by atoms with van der Waals surface area (Å²) in [5, 5.41) is 0. The van der Waals surface area contributed by atoms with Gasteiger partial charge >= 0.3 is 0 Å². The van der Waals surface area contributed by atoms with E-state index < -0.39 is 0 Å². The molecule has 2 heteroatoms. The maximum Gasteiger partial charge on any atom is 0.0581 e. The van der Waals surface area contributed by atoms with Gasteiger partial charge in [0.05, 0.1) is 13.1 Å². The van der Waals surface area contributed by atoms with Crippen LogP contribution in [0.3, 0.4) is 0 Å². The first kappa shape index (κ1) is 7.34. The Hall–Kier alpha value is -0.660. The van der Waals surface area contributed by atoms with E-state index in [4.69, 9.17) is 0 Å². The minimum atomic E-state index is 0.820. The van der Waals surface area contributed by atoms with E-state index >= 15 is 0 Å². The Labute approximate surface area is 50.4 Å². The lowest BCUT2D eigenvalue weighted by Gasteiger charge is -1.82. The lowest BCUT2D eigenvalue weighted by atomic mass is 10.6. The average molecular weight is 112 g/mol. The van der Waals surface area contributed by atoms with Crippen molar-refractivity contribution in [2.45, 2.75) is 13.8 Å². The highest BCUT2D eigenvalue weighted by Gasteiger charge is 1.71. The Morgan fingerprint density at radius 1 is 1.00 bits per heavy atom. The molecule has 0 aromatic heterocycles.